The number of esters is 1. The molecule has 3 fully saturated rings. The van der Waals surface area contributed by atoms with E-state index in [-0.39, 0.29) is 25.0 Å². The number of nitrogens with zero attached hydrogens (tertiary/aromatic N) is 5. The minimum Gasteiger partial charge on any atom is -0.462 e. The molecule has 0 spiro atoms. The largest absolute Gasteiger partial charge is 0.462 e. The van der Waals surface area contributed by atoms with Gasteiger partial charge in [-0.25, -0.2) is 4.79 Å². The molecule has 45 heavy (non-hydrogen) atoms. The molecule has 242 valence electrons. The van der Waals surface area contributed by atoms with Crippen LogP contribution in [0, 0.1) is 5.92 Å². The van der Waals surface area contributed by atoms with Crippen LogP contribution in [0.1, 0.15) is 73.1 Å². The molecule has 6 rings (SSSR count). The number of hydrogen-bond donors (Lipinski definition) is 0. The van der Waals surface area contributed by atoms with Gasteiger partial charge in [-0.15, -0.1) is 0 Å². The predicted molar refractivity (Wildman–Crippen MR) is 164 cm³/mol. The first-order valence-electron chi connectivity index (χ1n) is 15.9. The number of piperazine rings is 1. The van der Waals surface area contributed by atoms with E-state index in [9.17, 15) is 22.8 Å². The summed E-state index contributed by atoms with van der Waals surface area (Å²) in [5.41, 5.74) is 1.30. The number of hydrogen-bond acceptors (Lipinski definition) is 6. The van der Waals surface area contributed by atoms with E-state index < -0.39 is 34.4 Å². The Labute approximate surface area is 266 Å². The molecule has 0 N–H and O–H groups in total. The number of piperidine rings is 1. The van der Waals surface area contributed by atoms with Gasteiger partial charge in [-0.05, 0) is 44.2 Å². The van der Waals surface area contributed by atoms with Crippen LogP contribution in [-0.4, -0.2) is 87.2 Å². The molecule has 4 aliphatic rings. The Morgan fingerprint density at radius 2 is 1.78 bits per heavy atom. The van der Waals surface area contributed by atoms with Gasteiger partial charge in [-0.3, -0.25) is 14.4 Å². The van der Waals surface area contributed by atoms with Gasteiger partial charge in [0, 0.05) is 62.9 Å². The number of amides is 1. The first-order chi connectivity index (χ1) is 21.6. The minimum absolute atomic E-state index is 0.0332. The molecule has 2 atom stereocenters. The van der Waals surface area contributed by atoms with Gasteiger partial charge in [0.1, 0.15) is 10.6 Å². The minimum atomic E-state index is -4.78. The van der Waals surface area contributed by atoms with Crippen LogP contribution in [-0.2, 0) is 15.7 Å². The van der Waals surface area contributed by atoms with Crippen molar-refractivity contribution in [3.8, 4) is 0 Å². The number of benzene rings is 1. The van der Waals surface area contributed by atoms with E-state index in [1.807, 2.05) is 47.4 Å². The summed E-state index contributed by atoms with van der Waals surface area (Å²) in [5.74, 6) is -0.623. The first-order valence-corrected chi connectivity index (χ1v) is 16.2. The van der Waals surface area contributed by atoms with Crippen LogP contribution in [0.4, 0.5) is 13.2 Å². The van der Waals surface area contributed by atoms with Crippen molar-refractivity contribution in [1.29, 1.82) is 0 Å². The van der Waals surface area contributed by atoms with E-state index in [1.54, 1.807) is 6.92 Å². The van der Waals surface area contributed by atoms with Crippen LogP contribution in [0.3, 0.4) is 0 Å². The monoisotopic (exact) mass is 645 g/mol. The number of aromatic nitrogens is 2. The molecule has 8 nitrogen and oxygen atoms in total. The molecule has 1 aromatic carbocycles. The second-order valence-corrected chi connectivity index (χ2v) is 13.0. The molecular weight excluding hydrogens is 607 g/mol. The fourth-order valence-corrected chi connectivity index (χ4v) is 7.33. The maximum Gasteiger partial charge on any atom is 0.433 e. The third-order valence-corrected chi connectivity index (χ3v) is 10.1. The number of halogens is 4. The standard InChI is InChI=1S/C33H39ClF3N5O3/c1-2-45-31(44)27-21-38-42(29(27)33(35,36)37)25-12-7-15-40(22-25)28-20-32(34,14-13-26(28)23-8-4-3-5-9-23)41-18-16-39(17-19-41)30(43)24-10-6-11-24/h3-5,8-9,13-14,21,24-25H,2,6-7,10-12,15-20,22H2,1H3. The zero-order valence-corrected chi connectivity index (χ0v) is 26.2. The van der Waals surface area contributed by atoms with E-state index in [0.29, 0.717) is 52.0 Å². The van der Waals surface area contributed by atoms with Crippen molar-refractivity contribution in [2.45, 2.75) is 62.7 Å². The molecule has 0 radical (unpaired) electrons. The number of allylic oxidation sites excluding steroid dienone is 2. The van der Waals surface area contributed by atoms with Crippen LogP contribution in [0.25, 0.3) is 5.57 Å². The summed E-state index contributed by atoms with van der Waals surface area (Å²) in [6.07, 6.45) is 4.89. The molecule has 2 aliphatic heterocycles. The lowest BCUT2D eigenvalue weighted by molar-refractivity contribution is -0.146. The van der Waals surface area contributed by atoms with Gasteiger partial charge < -0.3 is 14.5 Å². The van der Waals surface area contributed by atoms with Crippen LogP contribution in [0.15, 0.2) is 54.4 Å². The highest BCUT2D eigenvalue weighted by atomic mass is 35.5. The molecule has 2 saturated heterocycles. The molecule has 2 aromatic rings. The summed E-state index contributed by atoms with van der Waals surface area (Å²) in [6, 6.07) is 9.30. The fourth-order valence-electron chi connectivity index (χ4n) is 6.97. The van der Waals surface area contributed by atoms with E-state index in [1.165, 1.54) is 0 Å². The number of carbonyl (C=O) groups is 2. The Hall–Kier alpha value is -3.31. The van der Waals surface area contributed by atoms with Crippen molar-refractivity contribution in [2.24, 2.45) is 5.92 Å². The molecule has 1 aromatic heterocycles. The molecule has 1 saturated carbocycles. The highest BCUT2D eigenvalue weighted by molar-refractivity contribution is 6.25. The predicted octanol–water partition coefficient (Wildman–Crippen LogP) is 5.97. The van der Waals surface area contributed by atoms with Crippen molar-refractivity contribution in [2.75, 3.05) is 45.9 Å². The number of rotatable bonds is 7. The van der Waals surface area contributed by atoms with Crippen LogP contribution < -0.4 is 0 Å². The fraction of sp³-hybridized carbons (Fsp3) is 0.545. The van der Waals surface area contributed by atoms with Crippen molar-refractivity contribution >= 4 is 29.1 Å². The van der Waals surface area contributed by atoms with E-state index in [0.717, 1.165) is 47.0 Å². The normalized spacial score (nSPS) is 25.0. The van der Waals surface area contributed by atoms with Gasteiger partial charge in [-0.1, -0.05) is 54.4 Å². The van der Waals surface area contributed by atoms with Gasteiger partial charge in [0.25, 0.3) is 0 Å². The lowest BCUT2D eigenvalue weighted by Gasteiger charge is -2.47. The van der Waals surface area contributed by atoms with Gasteiger partial charge >= 0.3 is 12.1 Å². The Morgan fingerprint density at radius 3 is 2.42 bits per heavy atom. The summed E-state index contributed by atoms with van der Waals surface area (Å²) < 4.78 is 48.9. The average molecular weight is 646 g/mol. The Morgan fingerprint density at radius 1 is 1.04 bits per heavy atom. The van der Waals surface area contributed by atoms with E-state index in [4.69, 9.17) is 16.3 Å². The summed E-state index contributed by atoms with van der Waals surface area (Å²) in [5, 5.41) is 4.08. The Balaban J connectivity index is 1.27. The third-order valence-electron chi connectivity index (χ3n) is 9.57. The number of carbonyl (C=O) groups excluding carboxylic acids is 2. The highest BCUT2D eigenvalue weighted by Gasteiger charge is 2.44. The molecule has 1 amide bonds. The molecule has 2 unspecified atom stereocenters. The summed E-state index contributed by atoms with van der Waals surface area (Å²) in [6.45, 7) is 4.98. The molecule has 12 heteroatoms. The van der Waals surface area contributed by atoms with Gasteiger partial charge in [0.15, 0.2) is 5.69 Å². The van der Waals surface area contributed by atoms with Crippen molar-refractivity contribution < 1.29 is 27.5 Å². The lowest BCUT2D eigenvalue weighted by atomic mass is 9.84. The van der Waals surface area contributed by atoms with Gasteiger partial charge in [0.05, 0.1) is 18.8 Å². The number of ether oxygens (including phenoxy) is 1. The van der Waals surface area contributed by atoms with Crippen LogP contribution >= 0.6 is 11.6 Å². The highest BCUT2D eigenvalue weighted by Crippen LogP contribution is 2.43. The van der Waals surface area contributed by atoms with Crippen molar-refractivity contribution in [3.05, 3.63) is 71.2 Å². The molecule has 3 heterocycles. The Bertz CT molecular complexity index is 1460. The van der Waals surface area contributed by atoms with E-state index in [2.05, 4.69) is 14.9 Å². The molecular formula is C33H39ClF3N5O3. The zero-order chi connectivity index (χ0) is 31.8. The van der Waals surface area contributed by atoms with Crippen molar-refractivity contribution in [3.63, 3.8) is 0 Å². The average Bonchev–Trinajstić information content (AvgIpc) is 3.48. The summed E-state index contributed by atoms with van der Waals surface area (Å²) in [7, 11) is 0. The maximum absolute atomic E-state index is 14.3. The first kappa shape index (κ1) is 31.7. The van der Waals surface area contributed by atoms with Crippen molar-refractivity contribution in [1.82, 2.24) is 24.5 Å². The maximum atomic E-state index is 14.3. The summed E-state index contributed by atoms with van der Waals surface area (Å²) in [4.78, 5) is 30.7. The second-order valence-electron chi connectivity index (χ2n) is 12.3. The van der Waals surface area contributed by atoms with Gasteiger partial charge in [-0.2, -0.15) is 18.3 Å². The number of alkyl halides is 4. The SMILES string of the molecule is CCOC(=O)c1cnn(C2CCCN(C3=C(c4ccccc4)C=CC(Cl)(N4CCN(C(=O)C5CCC5)CC4)C3)C2)c1C(F)(F)F. The summed E-state index contributed by atoms with van der Waals surface area (Å²) >= 11 is 7.41. The van der Waals surface area contributed by atoms with Crippen LogP contribution in [0.5, 0.6) is 0 Å². The lowest BCUT2D eigenvalue weighted by Crippen LogP contribution is -2.57. The van der Waals surface area contributed by atoms with Gasteiger partial charge in [0.2, 0.25) is 5.91 Å². The molecule has 0 bridgehead atoms. The third kappa shape index (κ3) is 6.38. The second kappa shape index (κ2) is 12.8. The van der Waals surface area contributed by atoms with Crippen LogP contribution in [0.2, 0.25) is 0 Å². The number of likely N-dealkylation sites (tertiary alicyclic amines) is 1. The van der Waals surface area contributed by atoms with E-state index >= 15 is 0 Å². The topological polar surface area (TPSA) is 70.9 Å². The smallest absolute Gasteiger partial charge is 0.433 e. The quantitative estimate of drug-likeness (QED) is 0.210. The molecule has 2 aliphatic carbocycles. The zero-order valence-electron chi connectivity index (χ0n) is 25.4. The Kier molecular flexibility index (Phi) is 9.03.